The van der Waals surface area contributed by atoms with Gasteiger partial charge in [0.15, 0.2) is 17.4 Å². The number of aromatic nitrogens is 3. The van der Waals surface area contributed by atoms with E-state index in [0.29, 0.717) is 15.8 Å². The highest BCUT2D eigenvalue weighted by Crippen LogP contribution is 2.36. The van der Waals surface area contributed by atoms with Crippen molar-refractivity contribution in [2.24, 2.45) is 0 Å². The summed E-state index contributed by atoms with van der Waals surface area (Å²) in [7, 11) is 0. The number of nitrogens with one attached hydrogen (secondary N) is 2. The lowest BCUT2D eigenvalue weighted by Gasteiger charge is -2.01. The van der Waals surface area contributed by atoms with Crippen molar-refractivity contribution < 1.29 is 14.3 Å². The van der Waals surface area contributed by atoms with Gasteiger partial charge in [0.25, 0.3) is 5.91 Å². The molecule has 3 rings (SSSR count). The van der Waals surface area contributed by atoms with E-state index in [4.69, 9.17) is 11.6 Å². The monoisotopic (exact) mass is 350 g/mol. The van der Waals surface area contributed by atoms with Gasteiger partial charge in [0.05, 0.1) is 5.69 Å². The molecule has 2 N–H and O–H groups in total. The van der Waals surface area contributed by atoms with Crippen LogP contribution < -0.4 is 5.32 Å². The molecule has 0 saturated heterocycles. The number of hydrogen-bond donors (Lipinski definition) is 2. The third kappa shape index (κ3) is 3.33. The maximum atomic E-state index is 11.7. The highest BCUT2D eigenvalue weighted by atomic mass is 35.5. The molecule has 7 nitrogen and oxygen atoms in total. The predicted octanol–water partition coefficient (Wildman–Crippen LogP) is 2.84. The minimum Gasteiger partial charge on any atom is -0.456 e. The number of esters is 1. The smallest absolute Gasteiger partial charge is 0.303 e. The predicted molar refractivity (Wildman–Crippen MR) is 87.5 cm³/mol. The first-order valence-corrected chi connectivity index (χ1v) is 7.77. The summed E-state index contributed by atoms with van der Waals surface area (Å²) in [4.78, 5) is 26.6. The summed E-state index contributed by atoms with van der Waals surface area (Å²) in [5.74, 6) is -0.977. The van der Waals surface area contributed by atoms with Crippen molar-refractivity contribution in [3.8, 4) is 11.3 Å². The van der Waals surface area contributed by atoms with E-state index in [-0.39, 0.29) is 6.61 Å². The highest BCUT2D eigenvalue weighted by Gasteiger charge is 2.16. The van der Waals surface area contributed by atoms with Crippen LogP contribution in [0.2, 0.25) is 5.02 Å². The van der Waals surface area contributed by atoms with Crippen LogP contribution in [0.4, 0.5) is 5.13 Å². The first kappa shape index (κ1) is 15.4. The van der Waals surface area contributed by atoms with Gasteiger partial charge in [-0.3, -0.25) is 20.0 Å². The van der Waals surface area contributed by atoms with Gasteiger partial charge in [-0.2, -0.15) is 10.1 Å². The molecular formula is C14H11ClN4O3S. The van der Waals surface area contributed by atoms with Gasteiger partial charge in [-0.25, -0.2) is 0 Å². The van der Waals surface area contributed by atoms with Crippen molar-refractivity contribution in [3.05, 3.63) is 29.3 Å². The number of carbonyl (C=O) groups is 2. The van der Waals surface area contributed by atoms with Gasteiger partial charge >= 0.3 is 5.97 Å². The molecule has 0 radical (unpaired) electrons. The van der Waals surface area contributed by atoms with E-state index >= 15 is 0 Å². The maximum absolute atomic E-state index is 11.7. The van der Waals surface area contributed by atoms with Gasteiger partial charge in [0.1, 0.15) is 4.70 Å². The summed E-state index contributed by atoms with van der Waals surface area (Å²) in [6, 6.07) is 7.36. The molecule has 0 aliphatic heterocycles. The van der Waals surface area contributed by atoms with Crippen LogP contribution in [0.5, 0.6) is 0 Å². The first-order valence-electron chi connectivity index (χ1n) is 6.57. The zero-order valence-corrected chi connectivity index (χ0v) is 13.5. The Labute approximate surface area is 139 Å². The van der Waals surface area contributed by atoms with Crippen molar-refractivity contribution in [2.75, 3.05) is 11.9 Å². The summed E-state index contributed by atoms with van der Waals surface area (Å²) < 4.78 is 5.41. The van der Waals surface area contributed by atoms with Crippen LogP contribution in [0.25, 0.3) is 21.6 Å². The molecule has 0 bridgehead atoms. The number of anilines is 1. The summed E-state index contributed by atoms with van der Waals surface area (Å²) in [6.07, 6.45) is 0. The molecule has 1 aromatic carbocycles. The number of halogens is 1. The number of fused-ring (bicyclic) bond motifs is 1. The molecule has 0 spiro atoms. The van der Waals surface area contributed by atoms with Crippen molar-refractivity contribution in [1.29, 1.82) is 0 Å². The highest BCUT2D eigenvalue weighted by molar-refractivity contribution is 7.22. The third-order valence-corrected chi connectivity index (χ3v) is 4.21. The second kappa shape index (κ2) is 6.35. The number of hydrogen-bond acceptors (Lipinski definition) is 6. The number of thiazole rings is 1. The Bertz CT molecular complexity index is 889. The number of nitrogens with zero attached hydrogens (tertiary/aromatic N) is 2. The average Bonchev–Trinajstić information content (AvgIpc) is 3.06. The van der Waals surface area contributed by atoms with Crippen LogP contribution in [0.1, 0.15) is 6.92 Å². The third-order valence-electron chi connectivity index (χ3n) is 2.91. The maximum Gasteiger partial charge on any atom is 0.303 e. The Morgan fingerprint density at radius 1 is 1.39 bits per heavy atom. The number of ether oxygens (including phenoxy) is 1. The number of H-pyrrole nitrogens is 1. The first-order chi connectivity index (χ1) is 11.0. The Hall–Kier alpha value is -2.45. The van der Waals surface area contributed by atoms with E-state index in [1.54, 1.807) is 6.07 Å². The molecule has 0 saturated carbocycles. The quantitative estimate of drug-likeness (QED) is 0.705. The van der Waals surface area contributed by atoms with E-state index in [2.05, 4.69) is 25.2 Å². The fourth-order valence-corrected chi connectivity index (χ4v) is 3.09. The lowest BCUT2D eigenvalue weighted by molar-refractivity contribution is -0.144. The molecule has 118 valence electrons. The average molecular weight is 351 g/mol. The number of rotatable bonds is 4. The Kier molecular flexibility index (Phi) is 4.26. The zero-order chi connectivity index (χ0) is 16.4. The van der Waals surface area contributed by atoms with Gasteiger partial charge in [0, 0.05) is 17.5 Å². The fraction of sp³-hybridized carbons (Fsp3) is 0.143. The number of benzene rings is 1. The van der Waals surface area contributed by atoms with Gasteiger partial charge in [-0.05, 0) is 6.07 Å². The van der Waals surface area contributed by atoms with Gasteiger partial charge in [0.2, 0.25) is 0 Å². The lowest BCUT2D eigenvalue weighted by atomic mass is 10.1. The van der Waals surface area contributed by atoms with Crippen molar-refractivity contribution >= 4 is 50.3 Å². The molecule has 3 aromatic rings. The van der Waals surface area contributed by atoms with Gasteiger partial charge < -0.3 is 4.74 Å². The van der Waals surface area contributed by atoms with Crippen molar-refractivity contribution in [3.63, 3.8) is 0 Å². The molecule has 1 amide bonds. The van der Waals surface area contributed by atoms with Gasteiger partial charge in [-0.1, -0.05) is 41.1 Å². The molecule has 0 aliphatic rings. The van der Waals surface area contributed by atoms with Crippen LogP contribution in [0.15, 0.2) is 24.3 Å². The SMILES string of the molecule is CC(=O)OCC(=O)Nc1nc2n[nH]c(-c3ccccc3Cl)c2s1. The van der Waals surface area contributed by atoms with Crippen LogP contribution >= 0.6 is 22.9 Å². The van der Waals surface area contributed by atoms with Crippen LogP contribution in [-0.2, 0) is 14.3 Å². The minimum absolute atomic E-state index is 0.351. The molecule has 2 aromatic heterocycles. The Balaban J connectivity index is 1.85. The summed E-state index contributed by atoms with van der Waals surface area (Å²) >= 11 is 7.46. The molecule has 0 aliphatic carbocycles. The van der Waals surface area contributed by atoms with Crippen LogP contribution in [0, 0.1) is 0 Å². The zero-order valence-electron chi connectivity index (χ0n) is 11.9. The molecular weight excluding hydrogens is 340 g/mol. The second-order valence-electron chi connectivity index (χ2n) is 4.58. The number of aromatic amines is 1. The van der Waals surface area contributed by atoms with E-state index in [9.17, 15) is 9.59 Å². The second-order valence-corrected chi connectivity index (χ2v) is 5.98. The van der Waals surface area contributed by atoms with E-state index in [1.165, 1.54) is 18.3 Å². The molecule has 0 unspecified atom stereocenters. The summed E-state index contributed by atoms with van der Waals surface area (Å²) in [6.45, 7) is 0.886. The molecule has 0 fully saturated rings. The molecule has 9 heteroatoms. The Morgan fingerprint density at radius 2 is 2.17 bits per heavy atom. The lowest BCUT2D eigenvalue weighted by Crippen LogP contribution is -2.19. The van der Waals surface area contributed by atoms with Crippen molar-refractivity contribution in [2.45, 2.75) is 6.92 Å². The molecule has 2 heterocycles. The van der Waals surface area contributed by atoms with Crippen LogP contribution in [-0.4, -0.2) is 33.7 Å². The Morgan fingerprint density at radius 3 is 2.91 bits per heavy atom. The van der Waals surface area contributed by atoms with Crippen molar-refractivity contribution in [1.82, 2.24) is 15.2 Å². The minimum atomic E-state index is -0.518. The van der Waals surface area contributed by atoms with E-state index in [1.807, 2.05) is 18.2 Å². The van der Waals surface area contributed by atoms with E-state index in [0.717, 1.165) is 16.0 Å². The standard InChI is InChI=1S/C14H11ClN4O3S/c1-7(20)22-6-10(21)16-14-17-13-12(23-14)11(18-19-13)8-4-2-3-5-9(8)15/h2-5H,6H2,1H3,(H2,16,17,18,19,21). The van der Waals surface area contributed by atoms with Crippen LogP contribution in [0.3, 0.4) is 0 Å². The summed E-state index contributed by atoms with van der Waals surface area (Å²) in [5, 5.41) is 10.6. The number of carbonyl (C=O) groups excluding carboxylic acids is 2. The molecule has 23 heavy (non-hydrogen) atoms. The van der Waals surface area contributed by atoms with E-state index < -0.39 is 11.9 Å². The van der Waals surface area contributed by atoms with Gasteiger partial charge in [-0.15, -0.1) is 0 Å². The largest absolute Gasteiger partial charge is 0.456 e. The fourth-order valence-electron chi connectivity index (χ4n) is 1.93. The summed E-state index contributed by atoms with van der Waals surface area (Å²) in [5.41, 5.74) is 2.02. The normalized spacial score (nSPS) is 10.7. The number of amides is 1. The molecule has 0 atom stereocenters. The topological polar surface area (TPSA) is 97.0 Å².